The zero-order chi connectivity index (χ0) is 8.72. The Morgan fingerprint density at radius 2 is 2.08 bits per heavy atom. The zero-order valence-electron chi connectivity index (χ0n) is 5.69. The minimum atomic E-state index is -0.0877. The van der Waals surface area contributed by atoms with Gasteiger partial charge in [0.05, 0.1) is 0 Å². The fourth-order valence-electron chi connectivity index (χ4n) is 0.949. The minimum absolute atomic E-state index is 0.0254. The van der Waals surface area contributed by atoms with E-state index in [0.717, 1.165) is 0 Å². The summed E-state index contributed by atoms with van der Waals surface area (Å²) in [4.78, 5) is 0. The number of phenolic OH excluding ortho intramolecular Hbond substituents is 2. The Labute approximate surface area is 79.9 Å². The van der Waals surface area contributed by atoms with E-state index in [-0.39, 0.29) is 11.5 Å². The first-order valence-corrected chi connectivity index (χ1v) is 3.75. The monoisotopic (exact) mass is 257 g/mol. The van der Waals surface area contributed by atoms with Crippen LogP contribution < -0.4 is 0 Å². The Balaban J connectivity index is 2.92. The van der Waals surface area contributed by atoms with Crippen molar-refractivity contribution in [1.29, 1.82) is 0 Å². The second-order valence-electron chi connectivity index (χ2n) is 2.25. The van der Waals surface area contributed by atoms with Crippen LogP contribution in [-0.2, 0) is 21.3 Å². The fraction of sp³-hybridized carbons (Fsp3) is 0. The Bertz CT molecular complexity index is 440. The van der Waals surface area contributed by atoms with Gasteiger partial charge in [0.2, 0.25) is 0 Å². The maximum atomic E-state index is 9.27. The van der Waals surface area contributed by atoms with E-state index in [4.69, 9.17) is 5.11 Å². The summed E-state index contributed by atoms with van der Waals surface area (Å²) in [5, 5.41) is 25.6. The molecule has 0 atom stereocenters. The van der Waals surface area contributed by atoms with Crippen LogP contribution in [0.15, 0.2) is 12.1 Å². The molecule has 1 aromatic heterocycles. The Kier molecular flexibility index (Phi) is 1.57. The third kappa shape index (κ3) is 0.989. The Hall–Kier alpha value is -1.04. The summed E-state index contributed by atoms with van der Waals surface area (Å²) in [6.07, 6.45) is 0. The predicted octanol–water partition coefficient (Wildman–Crippen LogP) is 0.152. The predicted molar refractivity (Wildman–Crippen MR) is 36.3 cm³/mol. The normalized spacial score (nSPS) is 10.8. The average molecular weight is 258 g/mol. The first kappa shape index (κ1) is 7.60. The van der Waals surface area contributed by atoms with Crippen LogP contribution in [0.3, 0.4) is 0 Å². The molecule has 0 amide bonds. The van der Waals surface area contributed by atoms with Gasteiger partial charge < -0.3 is 0 Å². The van der Waals surface area contributed by atoms with Crippen molar-refractivity contribution < 1.29 is 31.5 Å². The number of phenols is 2. The number of aromatic hydroxyl groups is 2. The van der Waals surface area contributed by atoms with Crippen LogP contribution in [0.4, 0.5) is 0 Å². The van der Waals surface area contributed by atoms with Gasteiger partial charge in [0, 0.05) is 0 Å². The molecule has 0 bridgehead atoms. The second-order valence-corrected chi connectivity index (χ2v) is 2.88. The van der Waals surface area contributed by atoms with Crippen molar-refractivity contribution >= 4 is 11.0 Å². The van der Waals surface area contributed by atoms with Crippen molar-refractivity contribution in [2.75, 3.05) is 0 Å². The number of aromatic nitrogens is 3. The maximum absolute atomic E-state index is 9.27. The number of benzene rings is 1. The van der Waals surface area contributed by atoms with Gasteiger partial charge in [-0.1, -0.05) is 0 Å². The molecule has 5 nitrogen and oxygen atoms in total. The van der Waals surface area contributed by atoms with Gasteiger partial charge in [0.25, 0.3) is 0 Å². The molecule has 0 aliphatic carbocycles. The van der Waals surface area contributed by atoms with E-state index in [9.17, 15) is 5.11 Å². The van der Waals surface area contributed by atoms with Crippen LogP contribution in [0.5, 0.6) is 11.5 Å². The summed E-state index contributed by atoms with van der Waals surface area (Å²) >= 11 is 3.07. The van der Waals surface area contributed by atoms with Crippen LogP contribution in [0.1, 0.15) is 0 Å². The summed E-state index contributed by atoms with van der Waals surface area (Å²) in [5.74, 6) is -0.113. The average Bonchev–Trinajstić information content (AvgIpc) is 2.33. The molecule has 0 saturated heterocycles. The van der Waals surface area contributed by atoms with E-state index in [1.807, 2.05) is 0 Å². The standard InChI is InChI=1S/C6H4N3O2.Ag/c10-3-1-4-6(5(11)2-3)8-9-7-4;/h1-2H,(H2-,7,8,9,10,11);/q-1;+1. The third-order valence-corrected chi connectivity index (χ3v) is 1.94. The topological polar surface area (TPSA) is 71.2 Å². The first-order valence-electron chi connectivity index (χ1n) is 3.08. The Morgan fingerprint density at radius 3 is 2.83 bits per heavy atom. The van der Waals surface area contributed by atoms with Crippen LogP contribution in [0, 0.1) is 0 Å². The molecule has 0 aliphatic rings. The molecule has 0 radical (unpaired) electrons. The van der Waals surface area contributed by atoms with Crippen LogP contribution >= 0.6 is 0 Å². The number of nitrogens with zero attached hydrogens (tertiary/aromatic N) is 3. The molecule has 2 N–H and O–H groups in total. The van der Waals surface area contributed by atoms with E-state index >= 15 is 0 Å². The molecule has 1 aromatic carbocycles. The molecule has 0 saturated carbocycles. The van der Waals surface area contributed by atoms with Gasteiger partial charge in [-0.2, -0.15) is 0 Å². The van der Waals surface area contributed by atoms with Gasteiger partial charge in [0.1, 0.15) is 0 Å². The molecule has 66 valence electrons. The molecule has 1 heterocycles. The van der Waals surface area contributed by atoms with E-state index < -0.39 is 0 Å². The third-order valence-electron chi connectivity index (χ3n) is 1.45. The van der Waals surface area contributed by atoms with E-state index in [0.29, 0.717) is 11.0 Å². The van der Waals surface area contributed by atoms with Crippen LogP contribution in [0.25, 0.3) is 11.0 Å². The second kappa shape index (κ2) is 2.48. The summed E-state index contributed by atoms with van der Waals surface area (Å²) < 4.78 is 1.29. The summed E-state index contributed by atoms with van der Waals surface area (Å²) in [6, 6.07) is 2.66. The molecular formula is C6H4AgN3O2. The van der Waals surface area contributed by atoms with Gasteiger partial charge in [-0.3, -0.25) is 0 Å². The fourth-order valence-corrected chi connectivity index (χ4v) is 1.27. The molecule has 2 aromatic rings. The van der Waals surface area contributed by atoms with Gasteiger partial charge in [-0.15, -0.1) is 0 Å². The summed E-state index contributed by atoms with van der Waals surface area (Å²) in [6.45, 7) is 0. The molecular weight excluding hydrogens is 254 g/mol. The first-order chi connectivity index (χ1) is 5.68. The van der Waals surface area contributed by atoms with E-state index in [2.05, 4.69) is 31.6 Å². The van der Waals surface area contributed by atoms with Gasteiger partial charge in [-0.25, -0.2) is 0 Å². The molecule has 6 heteroatoms. The van der Waals surface area contributed by atoms with Crippen molar-refractivity contribution in [2.24, 2.45) is 0 Å². The van der Waals surface area contributed by atoms with E-state index in [1.165, 1.54) is 15.2 Å². The number of hydrogen-bond donors (Lipinski definition) is 2. The van der Waals surface area contributed by atoms with Crippen LogP contribution in [-0.4, -0.2) is 23.6 Å². The summed E-state index contributed by atoms with van der Waals surface area (Å²) in [5.41, 5.74) is 0.871. The molecule has 0 aliphatic heterocycles. The zero-order valence-corrected chi connectivity index (χ0v) is 7.17. The van der Waals surface area contributed by atoms with Crippen molar-refractivity contribution in [1.82, 2.24) is 13.4 Å². The van der Waals surface area contributed by atoms with Crippen molar-refractivity contribution in [3.05, 3.63) is 12.1 Å². The molecule has 0 spiro atoms. The molecule has 2 rings (SSSR count). The number of rotatable bonds is 0. The van der Waals surface area contributed by atoms with Crippen LogP contribution in [0.2, 0.25) is 0 Å². The van der Waals surface area contributed by atoms with Gasteiger partial charge >= 0.3 is 79.6 Å². The summed E-state index contributed by atoms with van der Waals surface area (Å²) in [7, 11) is 0. The SMILES string of the molecule is Oc1cc(O)c2nn[n]([Ag])c2c1. The van der Waals surface area contributed by atoms with Gasteiger partial charge in [0.15, 0.2) is 0 Å². The van der Waals surface area contributed by atoms with Crippen molar-refractivity contribution in [3.8, 4) is 11.5 Å². The quantitative estimate of drug-likeness (QED) is 0.660. The van der Waals surface area contributed by atoms with Crippen molar-refractivity contribution in [2.45, 2.75) is 0 Å². The molecule has 12 heavy (non-hydrogen) atoms. The molecule has 0 fully saturated rings. The van der Waals surface area contributed by atoms with E-state index in [1.54, 1.807) is 0 Å². The van der Waals surface area contributed by atoms with Crippen molar-refractivity contribution in [3.63, 3.8) is 0 Å². The number of fused-ring (bicyclic) bond motifs is 1. The van der Waals surface area contributed by atoms with Gasteiger partial charge in [-0.05, 0) is 0 Å². The Morgan fingerprint density at radius 1 is 1.33 bits per heavy atom. The number of hydrogen-bond acceptors (Lipinski definition) is 4. The molecule has 0 unspecified atom stereocenters.